The first kappa shape index (κ1) is 20.4. The van der Waals surface area contributed by atoms with Gasteiger partial charge in [0.05, 0.1) is 0 Å². The molecule has 5 nitrogen and oxygen atoms in total. The van der Waals surface area contributed by atoms with Crippen LogP contribution in [-0.2, 0) is 4.79 Å². The molecule has 0 radical (unpaired) electrons. The summed E-state index contributed by atoms with van der Waals surface area (Å²) in [4.78, 5) is 23.3. The predicted molar refractivity (Wildman–Crippen MR) is 93.5 cm³/mol. The Hall–Kier alpha value is -2.58. The first-order chi connectivity index (χ1) is 10.8. The van der Waals surface area contributed by atoms with Gasteiger partial charge in [-0.2, -0.15) is 0 Å². The average molecular weight is 315 g/mol. The molecule has 5 heteroatoms. The number of hydrogen-bond acceptors (Lipinski definition) is 3. The highest BCUT2D eigenvalue weighted by Crippen LogP contribution is 2.05. The number of carbonyl (C=O) groups is 2. The largest absolute Gasteiger partial charge is 0.368 e. The van der Waals surface area contributed by atoms with E-state index in [1.54, 1.807) is 31.2 Å². The van der Waals surface area contributed by atoms with Crippen LogP contribution in [0.4, 0.5) is 0 Å². The van der Waals surface area contributed by atoms with Gasteiger partial charge in [-0.15, -0.1) is 13.2 Å². The van der Waals surface area contributed by atoms with Crippen LogP contribution in [0.25, 0.3) is 0 Å². The van der Waals surface area contributed by atoms with Crippen molar-refractivity contribution in [1.29, 1.82) is 0 Å². The van der Waals surface area contributed by atoms with Gasteiger partial charge in [0.15, 0.2) is 0 Å². The summed E-state index contributed by atoms with van der Waals surface area (Å²) < 4.78 is 0. The van der Waals surface area contributed by atoms with E-state index in [2.05, 4.69) is 30.3 Å². The highest BCUT2D eigenvalue weighted by molar-refractivity contribution is 5.97. The fourth-order valence-electron chi connectivity index (χ4n) is 1.62. The SMILES string of the molecule is C=C.CC(C)C#Cc1ccc(C(=O)NC(C(N)=O)C(C)N)cc1. The average Bonchev–Trinajstić information content (AvgIpc) is 2.52. The lowest BCUT2D eigenvalue weighted by Gasteiger charge is -2.18. The number of primary amides is 1. The van der Waals surface area contributed by atoms with Crippen molar-refractivity contribution >= 4 is 11.8 Å². The molecule has 0 aliphatic rings. The van der Waals surface area contributed by atoms with Crippen molar-refractivity contribution in [2.24, 2.45) is 17.4 Å². The van der Waals surface area contributed by atoms with E-state index in [1.165, 1.54) is 0 Å². The summed E-state index contributed by atoms with van der Waals surface area (Å²) in [5, 5.41) is 2.53. The zero-order chi connectivity index (χ0) is 18.0. The molecule has 2 unspecified atom stereocenters. The minimum Gasteiger partial charge on any atom is -0.368 e. The minimum atomic E-state index is -0.891. The van der Waals surface area contributed by atoms with Crippen molar-refractivity contribution in [3.63, 3.8) is 0 Å². The zero-order valence-electron chi connectivity index (χ0n) is 13.9. The molecule has 0 aromatic heterocycles. The molecule has 0 bridgehead atoms. The molecule has 124 valence electrons. The molecule has 0 fully saturated rings. The topological polar surface area (TPSA) is 98.2 Å². The maximum absolute atomic E-state index is 12.0. The van der Waals surface area contributed by atoms with Crippen molar-refractivity contribution in [3.05, 3.63) is 48.6 Å². The van der Waals surface area contributed by atoms with Crippen molar-refractivity contribution in [2.45, 2.75) is 32.9 Å². The number of benzene rings is 1. The van der Waals surface area contributed by atoms with Gasteiger partial charge >= 0.3 is 0 Å². The van der Waals surface area contributed by atoms with E-state index in [0.717, 1.165) is 5.56 Å². The van der Waals surface area contributed by atoms with Gasteiger partial charge in [0, 0.05) is 23.1 Å². The molecular formula is C18H25N3O2. The number of hydrogen-bond donors (Lipinski definition) is 3. The lowest BCUT2D eigenvalue weighted by Crippen LogP contribution is -2.53. The smallest absolute Gasteiger partial charge is 0.251 e. The molecule has 0 aliphatic carbocycles. The summed E-state index contributed by atoms with van der Waals surface area (Å²) in [5.41, 5.74) is 12.1. The highest BCUT2D eigenvalue weighted by Gasteiger charge is 2.22. The Bertz CT molecular complexity index is 581. The third-order valence-electron chi connectivity index (χ3n) is 2.77. The molecule has 0 aliphatic heterocycles. The van der Waals surface area contributed by atoms with Gasteiger partial charge in [0.2, 0.25) is 5.91 Å². The summed E-state index contributed by atoms with van der Waals surface area (Å²) in [6.45, 7) is 11.6. The van der Waals surface area contributed by atoms with Crippen LogP contribution in [0.2, 0.25) is 0 Å². The summed E-state index contributed by atoms with van der Waals surface area (Å²) in [7, 11) is 0. The van der Waals surface area contributed by atoms with E-state index in [4.69, 9.17) is 11.5 Å². The molecule has 23 heavy (non-hydrogen) atoms. The van der Waals surface area contributed by atoms with Crippen LogP contribution in [0.15, 0.2) is 37.4 Å². The van der Waals surface area contributed by atoms with Crippen LogP contribution in [-0.4, -0.2) is 23.9 Å². The monoisotopic (exact) mass is 315 g/mol. The van der Waals surface area contributed by atoms with Crippen molar-refractivity contribution in [2.75, 3.05) is 0 Å². The first-order valence-corrected chi connectivity index (χ1v) is 7.28. The van der Waals surface area contributed by atoms with Crippen molar-refractivity contribution in [3.8, 4) is 11.8 Å². The van der Waals surface area contributed by atoms with Crippen molar-refractivity contribution < 1.29 is 9.59 Å². The van der Waals surface area contributed by atoms with E-state index >= 15 is 0 Å². The van der Waals surface area contributed by atoms with E-state index < -0.39 is 18.0 Å². The second kappa shape index (κ2) is 10.2. The Morgan fingerprint density at radius 3 is 2.04 bits per heavy atom. The van der Waals surface area contributed by atoms with Crippen LogP contribution in [0.3, 0.4) is 0 Å². The summed E-state index contributed by atoms with van der Waals surface area (Å²) in [6, 6.07) is 5.38. The predicted octanol–water partition coefficient (Wildman–Crippen LogP) is 1.43. The number of nitrogens with two attached hydrogens (primary N) is 2. The number of amides is 2. The van der Waals surface area contributed by atoms with E-state index in [1.807, 2.05) is 13.8 Å². The standard InChI is InChI=1S/C16H21N3O2.C2H4/c1-10(2)4-5-12-6-8-13(9-7-12)16(21)19-14(11(3)17)15(18)20;1-2/h6-11,14H,17H2,1-3H3,(H2,18,20)(H,19,21);1-2H2. The van der Waals surface area contributed by atoms with Crippen LogP contribution in [0.1, 0.15) is 36.7 Å². The Kier molecular flexibility index (Phi) is 9.05. The fourth-order valence-corrected chi connectivity index (χ4v) is 1.62. The van der Waals surface area contributed by atoms with E-state index in [0.29, 0.717) is 5.56 Å². The van der Waals surface area contributed by atoms with Gasteiger partial charge in [-0.05, 0) is 31.2 Å². The van der Waals surface area contributed by atoms with Crippen molar-refractivity contribution in [1.82, 2.24) is 5.32 Å². The van der Waals surface area contributed by atoms with Gasteiger partial charge < -0.3 is 16.8 Å². The lowest BCUT2D eigenvalue weighted by atomic mass is 10.1. The number of rotatable bonds is 4. The molecule has 1 aromatic rings. The van der Waals surface area contributed by atoms with E-state index in [9.17, 15) is 9.59 Å². The Labute approximate surface area is 138 Å². The molecule has 5 N–H and O–H groups in total. The molecule has 1 rings (SSSR count). The molecule has 0 saturated heterocycles. The van der Waals surface area contributed by atoms with Gasteiger partial charge in [0.25, 0.3) is 5.91 Å². The normalized spacial score (nSPS) is 12.0. The maximum Gasteiger partial charge on any atom is 0.251 e. The number of carbonyl (C=O) groups excluding carboxylic acids is 2. The highest BCUT2D eigenvalue weighted by atomic mass is 16.2. The number of nitrogens with one attached hydrogen (secondary N) is 1. The van der Waals surface area contributed by atoms with Gasteiger partial charge in [-0.25, -0.2) is 0 Å². The summed E-state index contributed by atoms with van der Waals surface area (Å²) >= 11 is 0. The summed E-state index contributed by atoms with van der Waals surface area (Å²) in [5.74, 6) is 5.30. The molecule has 0 saturated carbocycles. The summed E-state index contributed by atoms with van der Waals surface area (Å²) in [6.07, 6.45) is 0. The minimum absolute atomic E-state index is 0.287. The molecule has 2 amide bonds. The fraction of sp³-hybridized carbons (Fsp3) is 0.333. The third kappa shape index (κ3) is 7.30. The van der Waals surface area contributed by atoms with Gasteiger partial charge in [0.1, 0.15) is 6.04 Å². The molecule has 0 spiro atoms. The molecule has 1 aromatic carbocycles. The quantitative estimate of drug-likeness (QED) is 0.579. The van der Waals surface area contributed by atoms with Crippen LogP contribution in [0.5, 0.6) is 0 Å². The zero-order valence-corrected chi connectivity index (χ0v) is 13.9. The Balaban J connectivity index is 0.00000232. The molecule has 0 heterocycles. The lowest BCUT2D eigenvalue weighted by molar-refractivity contribution is -0.120. The maximum atomic E-state index is 12.0. The van der Waals surface area contributed by atoms with E-state index in [-0.39, 0.29) is 11.8 Å². The first-order valence-electron chi connectivity index (χ1n) is 7.28. The molecule has 2 atom stereocenters. The van der Waals surface area contributed by atoms with Gasteiger partial charge in [-0.1, -0.05) is 25.7 Å². The molecular weight excluding hydrogens is 290 g/mol. The van der Waals surface area contributed by atoms with Crippen LogP contribution < -0.4 is 16.8 Å². The van der Waals surface area contributed by atoms with Crippen LogP contribution in [0, 0.1) is 17.8 Å². The second-order valence-electron chi connectivity index (χ2n) is 5.21. The second-order valence-corrected chi connectivity index (χ2v) is 5.21. The Morgan fingerprint density at radius 1 is 1.13 bits per heavy atom. The third-order valence-corrected chi connectivity index (χ3v) is 2.77. The van der Waals surface area contributed by atoms with Crippen LogP contribution >= 0.6 is 0 Å². The Morgan fingerprint density at radius 2 is 1.65 bits per heavy atom. The van der Waals surface area contributed by atoms with Gasteiger partial charge in [-0.3, -0.25) is 9.59 Å².